The first-order valence-corrected chi connectivity index (χ1v) is 6.99. The number of amides is 1. The zero-order chi connectivity index (χ0) is 15.6. The molecule has 1 aromatic heterocycles. The lowest BCUT2D eigenvalue weighted by atomic mass is 10.3. The lowest BCUT2D eigenvalue weighted by molar-refractivity contribution is -0.122. The Morgan fingerprint density at radius 2 is 2.14 bits per heavy atom. The average molecular weight is 308 g/mol. The third-order valence-corrected chi connectivity index (χ3v) is 3.47. The summed E-state index contributed by atoms with van der Waals surface area (Å²) in [6.45, 7) is 5.44. The van der Waals surface area contributed by atoms with Crippen molar-refractivity contribution < 1.29 is 9.53 Å². The summed E-state index contributed by atoms with van der Waals surface area (Å²) >= 11 is 5.89. The summed E-state index contributed by atoms with van der Waals surface area (Å²) in [7, 11) is 1.84. The number of halogens is 1. The maximum atomic E-state index is 12.2. The van der Waals surface area contributed by atoms with Crippen LogP contribution in [0.4, 0.5) is 5.69 Å². The molecule has 21 heavy (non-hydrogen) atoms. The standard InChI is InChI=1S/C15H18ClN3O2/c1-9-14(10(2)19(4)18-9)17-15(20)11(3)21-13-7-5-6-12(16)8-13/h5-8,11H,1-4H3,(H,17,20). The molecule has 112 valence electrons. The van der Waals surface area contributed by atoms with Crippen LogP contribution in [0.2, 0.25) is 5.02 Å². The van der Waals surface area contributed by atoms with E-state index in [0.717, 1.165) is 17.1 Å². The van der Waals surface area contributed by atoms with Crippen molar-refractivity contribution in [3.05, 3.63) is 40.7 Å². The van der Waals surface area contributed by atoms with Crippen molar-refractivity contribution in [2.45, 2.75) is 26.9 Å². The van der Waals surface area contributed by atoms with E-state index in [2.05, 4.69) is 10.4 Å². The molecule has 1 unspecified atom stereocenters. The summed E-state index contributed by atoms with van der Waals surface area (Å²) in [6.07, 6.45) is -0.637. The Balaban J connectivity index is 2.06. The number of ether oxygens (including phenoxy) is 1. The number of benzene rings is 1. The lowest BCUT2D eigenvalue weighted by Gasteiger charge is -2.15. The fourth-order valence-corrected chi connectivity index (χ4v) is 2.16. The summed E-state index contributed by atoms with van der Waals surface area (Å²) in [4.78, 5) is 12.2. The van der Waals surface area contributed by atoms with Crippen LogP contribution in [-0.2, 0) is 11.8 Å². The smallest absolute Gasteiger partial charge is 0.265 e. The molecule has 0 radical (unpaired) electrons. The number of nitrogens with one attached hydrogen (secondary N) is 1. The van der Waals surface area contributed by atoms with Gasteiger partial charge in [-0.1, -0.05) is 17.7 Å². The second-order valence-electron chi connectivity index (χ2n) is 4.88. The number of aryl methyl sites for hydroxylation is 2. The highest BCUT2D eigenvalue weighted by atomic mass is 35.5. The highest BCUT2D eigenvalue weighted by molar-refractivity contribution is 6.30. The van der Waals surface area contributed by atoms with E-state index in [-0.39, 0.29) is 5.91 Å². The molecule has 0 aliphatic rings. The molecule has 2 rings (SSSR count). The molecule has 6 heteroatoms. The molecule has 1 N–H and O–H groups in total. The molecule has 0 saturated carbocycles. The highest BCUT2D eigenvalue weighted by Gasteiger charge is 2.18. The minimum Gasteiger partial charge on any atom is -0.481 e. The Bertz CT molecular complexity index is 667. The van der Waals surface area contributed by atoms with Gasteiger partial charge in [-0.25, -0.2) is 0 Å². The zero-order valence-corrected chi connectivity index (χ0v) is 13.2. The van der Waals surface area contributed by atoms with Crippen molar-refractivity contribution in [3.8, 4) is 5.75 Å². The van der Waals surface area contributed by atoms with Crippen LogP contribution in [0.1, 0.15) is 18.3 Å². The Hall–Kier alpha value is -2.01. The highest BCUT2D eigenvalue weighted by Crippen LogP contribution is 2.21. The monoisotopic (exact) mass is 307 g/mol. The van der Waals surface area contributed by atoms with Crippen molar-refractivity contribution in [2.75, 3.05) is 5.32 Å². The third-order valence-electron chi connectivity index (χ3n) is 3.24. The normalized spacial score (nSPS) is 12.0. The molecule has 0 spiro atoms. The van der Waals surface area contributed by atoms with Crippen LogP contribution < -0.4 is 10.1 Å². The molecule has 2 aromatic rings. The largest absolute Gasteiger partial charge is 0.481 e. The van der Waals surface area contributed by atoms with Gasteiger partial charge in [0.2, 0.25) is 0 Å². The Kier molecular flexibility index (Phi) is 4.53. The van der Waals surface area contributed by atoms with E-state index in [4.69, 9.17) is 16.3 Å². The molecular weight excluding hydrogens is 290 g/mol. The topological polar surface area (TPSA) is 56.2 Å². The SMILES string of the molecule is Cc1nn(C)c(C)c1NC(=O)C(C)Oc1cccc(Cl)c1. The summed E-state index contributed by atoms with van der Waals surface area (Å²) in [5.41, 5.74) is 2.40. The number of anilines is 1. The van der Waals surface area contributed by atoms with Gasteiger partial charge in [0.05, 0.1) is 17.1 Å². The van der Waals surface area contributed by atoms with E-state index in [0.29, 0.717) is 10.8 Å². The second-order valence-corrected chi connectivity index (χ2v) is 5.31. The molecular formula is C15H18ClN3O2. The van der Waals surface area contributed by atoms with Crippen molar-refractivity contribution in [1.82, 2.24) is 9.78 Å². The predicted octanol–water partition coefficient (Wildman–Crippen LogP) is 3.10. The van der Waals surface area contributed by atoms with E-state index in [1.165, 1.54) is 0 Å². The van der Waals surface area contributed by atoms with Gasteiger partial charge >= 0.3 is 0 Å². The Labute approximate surface area is 128 Å². The van der Waals surface area contributed by atoms with Gasteiger partial charge in [-0.3, -0.25) is 9.48 Å². The average Bonchev–Trinajstić information content (AvgIpc) is 2.65. The van der Waals surface area contributed by atoms with Crippen LogP contribution in [-0.4, -0.2) is 21.8 Å². The molecule has 0 aliphatic heterocycles. The lowest BCUT2D eigenvalue weighted by Crippen LogP contribution is -2.30. The van der Waals surface area contributed by atoms with Crippen LogP contribution in [0.25, 0.3) is 0 Å². The van der Waals surface area contributed by atoms with Crippen molar-refractivity contribution in [3.63, 3.8) is 0 Å². The second kappa shape index (κ2) is 6.18. The molecule has 1 amide bonds. The predicted molar refractivity (Wildman–Crippen MR) is 82.9 cm³/mol. The summed E-state index contributed by atoms with van der Waals surface area (Å²) in [5.74, 6) is 0.332. The molecule has 0 bridgehead atoms. The van der Waals surface area contributed by atoms with Crippen LogP contribution in [0.15, 0.2) is 24.3 Å². The Morgan fingerprint density at radius 3 is 2.71 bits per heavy atom. The van der Waals surface area contributed by atoms with E-state index in [1.54, 1.807) is 35.9 Å². The van der Waals surface area contributed by atoms with Gasteiger partial charge in [-0.2, -0.15) is 5.10 Å². The number of aromatic nitrogens is 2. The Morgan fingerprint density at radius 1 is 1.43 bits per heavy atom. The molecule has 1 aromatic carbocycles. The van der Waals surface area contributed by atoms with E-state index < -0.39 is 6.10 Å². The van der Waals surface area contributed by atoms with Gasteiger partial charge in [-0.05, 0) is 39.0 Å². The summed E-state index contributed by atoms with van der Waals surface area (Å²) in [6, 6.07) is 6.96. The number of carbonyl (C=O) groups is 1. The van der Waals surface area contributed by atoms with E-state index in [1.807, 2.05) is 20.9 Å². The zero-order valence-electron chi connectivity index (χ0n) is 12.5. The summed E-state index contributed by atoms with van der Waals surface area (Å²) < 4.78 is 7.32. The molecule has 1 atom stereocenters. The van der Waals surface area contributed by atoms with Gasteiger partial charge in [0.15, 0.2) is 6.10 Å². The first kappa shape index (κ1) is 15.4. The van der Waals surface area contributed by atoms with E-state index >= 15 is 0 Å². The third kappa shape index (κ3) is 3.55. The van der Waals surface area contributed by atoms with Crippen molar-refractivity contribution in [1.29, 1.82) is 0 Å². The number of rotatable bonds is 4. The van der Waals surface area contributed by atoms with Crippen LogP contribution in [0.3, 0.4) is 0 Å². The van der Waals surface area contributed by atoms with E-state index in [9.17, 15) is 4.79 Å². The van der Waals surface area contributed by atoms with Crippen molar-refractivity contribution in [2.24, 2.45) is 7.05 Å². The minimum atomic E-state index is -0.637. The van der Waals surface area contributed by atoms with Gasteiger partial charge in [0, 0.05) is 12.1 Å². The van der Waals surface area contributed by atoms with Gasteiger partial charge < -0.3 is 10.1 Å². The van der Waals surface area contributed by atoms with Crippen molar-refractivity contribution >= 4 is 23.2 Å². The van der Waals surface area contributed by atoms with Crippen LogP contribution >= 0.6 is 11.6 Å². The van der Waals surface area contributed by atoms with Gasteiger partial charge in [-0.15, -0.1) is 0 Å². The first-order valence-electron chi connectivity index (χ1n) is 6.61. The van der Waals surface area contributed by atoms with Crippen LogP contribution in [0.5, 0.6) is 5.75 Å². The number of hydrogen-bond donors (Lipinski definition) is 1. The summed E-state index contributed by atoms with van der Waals surface area (Å²) in [5, 5.41) is 7.68. The molecule has 0 saturated heterocycles. The molecule has 5 nitrogen and oxygen atoms in total. The maximum Gasteiger partial charge on any atom is 0.265 e. The van der Waals surface area contributed by atoms with Gasteiger partial charge in [0.25, 0.3) is 5.91 Å². The number of carbonyl (C=O) groups excluding carboxylic acids is 1. The van der Waals surface area contributed by atoms with Gasteiger partial charge in [0.1, 0.15) is 5.75 Å². The minimum absolute atomic E-state index is 0.228. The number of nitrogens with zero attached hydrogens (tertiary/aromatic N) is 2. The number of hydrogen-bond acceptors (Lipinski definition) is 3. The fourth-order valence-electron chi connectivity index (χ4n) is 1.98. The molecule has 0 aliphatic carbocycles. The first-order chi connectivity index (χ1) is 9.88. The molecule has 0 fully saturated rings. The molecule has 1 heterocycles. The fraction of sp³-hybridized carbons (Fsp3) is 0.333. The quantitative estimate of drug-likeness (QED) is 0.944. The maximum absolute atomic E-state index is 12.2. The van der Waals surface area contributed by atoms with Crippen LogP contribution in [0, 0.1) is 13.8 Å².